The van der Waals surface area contributed by atoms with Gasteiger partial charge in [-0.25, -0.2) is 9.97 Å². The van der Waals surface area contributed by atoms with Gasteiger partial charge in [-0.3, -0.25) is 9.69 Å². The second-order valence-corrected chi connectivity index (χ2v) is 6.80. The molecule has 0 atom stereocenters. The van der Waals surface area contributed by atoms with Crippen molar-refractivity contribution < 1.29 is 9.53 Å². The van der Waals surface area contributed by atoms with Crippen molar-refractivity contribution in [3.63, 3.8) is 0 Å². The number of para-hydroxylation sites is 2. The molecule has 4 rings (SSSR count). The van der Waals surface area contributed by atoms with Gasteiger partial charge in [0.1, 0.15) is 17.4 Å². The Morgan fingerprint density at radius 1 is 0.964 bits per heavy atom. The number of nitrogens with two attached hydrogens (primary N) is 1. The molecule has 2 aromatic carbocycles. The molecule has 2 heterocycles. The Kier molecular flexibility index (Phi) is 5.34. The molecule has 1 aromatic heterocycles. The van der Waals surface area contributed by atoms with E-state index in [1.54, 1.807) is 0 Å². The molecule has 1 aliphatic heterocycles. The number of carbonyl (C=O) groups excluding carboxylic acids is 1. The second-order valence-electron chi connectivity index (χ2n) is 6.80. The molecule has 3 aromatic rings. The van der Waals surface area contributed by atoms with Crippen LogP contribution in [0.5, 0.6) is 5.75 Å². The van der Waals surface area contributed by atoms with Gasteiger partial charge in [0.25, 0.3) is 5.91 Å². The normalized spacial score (nSPS) is 14.9. The molecule has 7 nitrogen and oxygen atoms in total. The highest BCUT2D eigenvalue weighted by Gasteiger charge is 2.22. The lowest BCUT2D eigenvalue weighted by atomic mass is 10.2. The van der Waals surface area contributed by atoms with Gasteiger partial charge in [-0.05, 0) is 24.3 Å². The molecule has 2 N–H and O–H groups in total. The Morgan fingerprint density at radius 3 is 2.46 bits per heavy atom. The summed E-state index contributed by atoms with van der Waals surface area (Å²) in [5.41, 5.74) is 6.93. The Balaban J connectivity index is 1.30. The van der Waals surface area contributed by atoms with E-state index in [1.165, 1.54) is 0 Å². The monoisotopic (exact) mass is 377 g/mol. The largest absolute Gasteiger partial charge is 0.484 e. The van der Waals surface area contributed by atoms with Crippen molar-refractivity contribution in [3.05, 3.63) is 60.4 Å². The fourth-order valence-corrected chi connectivity index (χ4v) is 3.33. The Bertz CT molecular complexity index is 955. The molecule has 0 saturated carbocycles. The van der Waals surface area contributed by atoms with Gasteiger partial charge >= 0.3 is 0 Å². The summed E-state index contributed by atoms with van der Waals surface area (Å²) in [5.74, 6) is 1.94. The zero-order chi connectivity index (χ0) is 19.3. The van der Waals surface area contributed by atoms with Crippen LogP contribution < -0.4 is 10.5 Å². The van der Waals surface area contributed by atoms with Gasteiger partial charge in [-0.15, -0.1) is 0 Å². The zero-order valence-corrected chi connectivity index (χ0v) is 15.6. The van der Waals surface area contributed by atoms with Gasteiger partial charge in [0.2, 0.25) is 0 Å². The number of nitrogen functional groups attached to an aromatic ring is 1. The number of rotatable bonds is 5. The van der Waals surface area contributed by atoms with Gasteiger partial charge in [0.15, 0.2) is 6.61 Å². The lowest BCUT2D eigenvalue weighted by molar-refractivity contribution is -0.135. The number of fused-ring (bicyclic) bond motifs is 1. The molecule has 0 aliphatic carbocycles. The highest BCUT2D eigenvalue weighted by atomic mass is 16.5. The van der Waals surface area contributed by atoms with E-state index in [1.807, 2.05) is 59.5 Å². The minimum Gasteiger partial charge on any atom is -0.484 e. The summed E-state index contributed by atoms with van der Waals surface area (Å²) in [7, 11) is 0. The molecule has 144 valence electrons. The number of carbonyl (C=O) groups is 1. The lowest BCUT2D eigenvalue weighted by Gasteiger charge is -2.34. The summed E-state index contributed by atoms with van der Waals surface area (Å²) in [6.45, 7) is 3.56. The van der Waals surface area contributed by atoms with Crippen LogP contribution in [0.25, 0.3) is 10.9 Å². The van der Waals surface area contributed by atoms with Crippen LogP contribution in [0.1, 0.15) is 5.82 Å². The van der Waals surface area contributed by atoms with E-state index in [2.05, 4.69) is 14.9 Å². The van der Waals surface area contributed by atoms with Crippen molar-refractivity contribution in [1.82, 2.24) is 19.8 Å². The summed E-state index contributed by atoms with van der Waals surface area (Å²) < 4.78 is 5.56. The van der Waals surface area contributed by atoms with Crippen molar-refractivity contribution in [2.45, 2.75) is 6.54 Å². The van der Waals surface area contributed by atoms with Crippen LogP contribution in [-0.2, 0) is 11.3 Å². The van der Waals surface area contributed by atoms with E-state index in [-0.39, 0.29) is 12.5 Å². The van der Waals surface area contributed by atoms with Gasteiger partial charge in [-0.2, -0.15) is 0 Å². The van der Waals surface area contributed by atoms with Gasteiger partial charge in [0, 0.05) is 31.6 Å². The van der Waals surface area contributed by atoms with Crippen LogP contribution in [0.15, 0.2) is 54.6 Å². The SMILES string of the molecule is Nc1nc(CN2CCN(C(=O)COc3ccccc3)CC2)nc2ccccc12. The number of ether oxygens (including phenoxy) is 1. The third kappa shape index (κ3) is 4.20. The fourth-order valence-electron chi connectivity index (χ4n) is 3.33. The van der Waals surface area contributed by atoms with Crippen molar-refractivity contribution in [2.75, 3.05) is 38.5 Å². The summed E-state index contributed by atoms with van der Waals surface area (Å²) in [6.07, 6.45) is 0. The van der Waals surface area contributed by atoms with E-state index in [4.69, 9.17) is 10.5 Å². The summed E-state index contributed by atoms with van der Waals surface area (Å²) in [4.78, 5) is 25.5. The van der Waals surface area contributed by atoms with Crippen LogP contribution in [0, 0.1) is 0 Å². The second kappa shape index (κ2) is 8.22. The van der Waals surface area contributed by atoms with Crippen LogP contribution >= 0.6 is 0 Å². The van der Waals surface area contributed by atoms with Crippen molar-refractivity contribution in [2.24, 2.45) is 0 Å². The number of nitrogens with zero attached hydrogens (tertiary/aromatic N) is 4. The molecule has 1 amide bonds. The molecule has 0 bridgehead atoms. The predicted octanol–water partition coefficient (Wildman–Crippen LogP) is 1.94. The topological polar surface area (TPSA) is 84.6 Å². The highest BCUT2D eigenvalue weighted by molar-refractivity contribution is 5.87. The maximum atomic E-state index is 12.4. The van der Waals surface area contributed by atoms with E-state index in [0.717, 1.165) is 24.0 Å². The zero-order valence-electron chi connectivity index (χ0n) is 15.6. The van der Waals surface area contributed by atoms with E-state index >= 15 is 0 Å². The number of hydrogen-bond donors (Lipinski definition) is 1. The molecule has 0 spiro atoms. The number of anilines is 1. The molecule has 7 heteroatoms. The predicted molar refractivity (Wildman–Crippen MR) is 108 cm³/mol. The molecule has 0 radical (unpaired) electrons. The van der Waals surface area contributed by atoms with Crippen molar-refractivity contribution in [1.29, 1.82) is 0 Å². The third-order valence-electron chi connectivity index (χ3n) is 4.87. The fraction of sp³-hybridized carbons (Fsp3) is 0.286. The summed E-state index contributed by atoms with van der Waals surface area (Å²) >= 11 is 0. The summed E-state index contributed by atoms with van der Waals surface area (Å²) in [5, 5.41) is 0.875. The van der Waals surface area contributed by atoms with E-state index in [0.29, 0.717) is 37.0 Å². The minimum atomic E-state index is 0.00898. The quantitative estimate of drug-likeness (QED) is 0.731. The molecule has 0 unspecified atom stereocenters. The smallest absolute Gasteiger partial charge is 0.260 e. The van der Waals surface area contributed by atoms with Crippen molar-refractivity contribution >= 4 is 22.6 Å². The van der Waals surface area contributed by atoms with Crippen LogP contribution in [0.4, 0.5) is 5.82 Å². The standard InChI is InChI=1S/C21H23N5O2/c22-21-17-8-4-5-9-18(17)23-19(24-21)14-25-10-12-26(13-11-25)20(27)15-28-16-6-2-1-3-7-16/h1-9H,10-15H2,(H2,22,23,24). The first kappa shape index (κ1) is 18.2. The number of amides is 1. The molecule has 1 fully saturated rings. The van der Waals surface area contributed by atoms with Gasteiger partial charge < -0.3 is 15.4 Å². The first-order chi connectivity index (χ1) is 13.7. The van der Waals surface area contributed by atoms with E-state index < -0.39 is 0 Å². The molecule has 1 saturated heterocycles. The first-order valence-corrected chi connectivity index (χ1v) is 9.38. The third-order valence-corrected chi connectivity index (χ3v) is 4.87. The van der Waals surface area contributed by atoms with Crippen molar-refractivity contribution in [3.8, 4) is 5.75 Å². The van der Waals surface area contributed by atoms with Gasteiger partial charge in [0.05, 0.1) is 12.1 Å². The highest BCUT2D eigenvalue weighted by Crippen LogP contribution is 2.18. The van der Waals surface area contributed by atoms with Crippen LogP contribution in [0.2, 0.25) is 0 Å². The van der Waals surface area contributed by atoms with E-state index in [9.17, 15) is 4.79 Å². The number of piperazine rings is 1. The lowest BCUT2D eigenvalue weighted by Crippen LogP contribution is -2.49. The molecule has 28 heavy (non-hydrogen) atoms. The maximum Gasteiger partial charge on any atom is 0.260 e. The number of hydrogen-bond acceptors (Lipinski definition) is 6. The first-order valence-electron chi connectivity index (χ1n) is 9.38. The Labute approximate surface area is 163 Å². The van der Waals surface area contributed by atoms with Crippen LogP contribution in [-0.4, -0.2) is 58.5 Å². The molecular formula is C21H23N5O2. The van der Waals surface area contributed by atoms with Crippen LogP contribution in [0.3, 0.4) is 0 Å². The Morgan fingerprint density at radius 2 is 1.68 bits per heavy atom. The maximum absolute atomic E-state index is 12.4. The molecular weight excluding hydrogens is 354 g/mol. The average molecular weight is 377 g/mol. The average Bonchev–Trinajstić information content (AvgIpc) is 2.73. The number of benzene rings is 2. The van der Waals surface area contributed by atoms with Gasteiger partial charge in [-0.1, -0.05) is 30.3 Å². The Hall–Kier alpha value is -3.19. The summed E-state index contributed by atoms with van der Waals surface area (Å²) in [6, 6.07) is 17.1. The minimum absolute atomic E-state index is 0.00898. The molecule has 1 aliphatic rings. The number of aromatic nitrogens is 2.